The largest absolute Gasteiger partial charge is 0.495 e. The number of nitrogens with zero attached hydrogens (tertiary/aromatic N) is 5. The Labute approximate surface area is 479 Å². The first kappa shape index (κ1) is 56.7. The van der Waals surface area contributed by atoms with E-state index in [0.717, 1.165) is 122 Å². The number of fused-ring (bicyclic) bond motifs is 2. The molecule has 6 aliphatic rings. The minimum atomic E-state index is -1.16. The monoisotopic (exact) mass is 1120 g/mol. The van der Waals surface area contributed by atoms with Crippen molar-refractivity contribution in [2.75, 3.05) is 94.9 Å². The average Bonchev–Trinajstić information content (AvgIpc) is 3.64. The van der Waals surface area contributed by atoms with Crippen molar-refractivity contribution in [3.05, 3.63) is 115 Å². The van der Waals surface area contributed by atoms with Crippen LogP contribution in [0.4, 0.5) is 21.5 Å². The van der Waals surface area contributed by atoms with Crippen molar-refractivity contribution in [2.24, 2.45) is 11.3 Å². The lowest BCUT2D eigenvalue weighted by Crippen LogP contribution is -2.50. The first-order valence-corrected chi connectivity index (χ1v) is 29.6. The molecule has 17 nitrogen and oxygen atoms in total. The number of hydrogen-bond acceptors (Lipinski definition) is 14. The maximum atomic E-state index is 13.4. The van der Waals surface area contributed by atoms with Gasteiger partial charge in [0, 0.05) is 98.1 Å². The van der Waals surface area contributed by atoms with Gasteiger partial charge in [-0.3, -0.25) is 29.5 Å². The predicted molar refractivity (Wildman–Crippen MR) is 312 cm³/mol. The fraction of sp³-hybridized carbons (Fsp3) is 0.484. The lowest BCUT2D eigenvalue weighted by molar-refractivity contribution is -0.137. The molecule has 1 aliphatic carbocycles. The van der Waals surface area contributed by atoms with Crippen molar-refractivity contribution in [3.63, 3.8) is 0 Å². The number of halogens is 1. The van der Waals surface area contributed by atoms with Gasteiger partial charge >= 0.3 is 0 Å². The second-order valence-corrected chi connectivity index (χ2v) is 22.9. The molecule has 1 atom stereocenters. The third-order valence-electron chi connectivity index (χ3n) is 17.6. The van der Waals surface area contributed by atoms with Crippen LogP contribution in [-0.4, -0.2) is 141 Å². The van der Waals surface area contributed by atoms with E-state index in [2.05, 4.69) is 43.3 Å². The molecule has 5 fully saturated rings. The molecular formula is C64H77FN8O9. The van der Waals surface area contributed by atoms with E-state index < -0.39 is 23.2 Å². The number of imide groups is 1. The molecule has 4 amide bonds. The molecule has 4 saturated heterocycles. The van der Waals surface area contributed by atoms with Crippen LogP contribution in [0.15, 0.2) is 97.7 Å². The van der Waals surface area contributed by atoms with Crippen molar-refractivity contribution in [3.8, 4) is 23.0 Å². The Kier molecular flexibility index (Phi) is 18.0. The average molecular weight is 1120 g/mol. The van der Waals surface area contributed by atoms with Crippen molar-refractivity contribution in [1.82, 2.24) is 25.0 Å². The highest BCUT2D eigenvalue weighted by Crippen LogP contribution is 2.48. The fourth-order valence-corrected chi connectivity index (χ4v) is 12.6. The molecule has 6 heterocycles. The molecule has 4 aromatic carbocycles. The Morgan fingerprint density at radius 1 is 0.780 bits per heavy atom. The molecule has 1 aromatic heterocycles. The van der Waals surface area contributed by atoms with E-state index in [-0.39, 0.29) is 23.8 Å². The molecule has 0 unspecified atom stereocenters. The zero-order valence-electron chi connectivity index (χ0n) is 47.1. The maximum absolute atomic E-state index is 13.4. The minimum Gasteiger partial charge on any atom is -0.495 e. The molecule has 0 radical (unpaired) electrons. The summed E-state index contributed by atoms with van der Waals surface area (Å²) in [5.74, 6) is 1.86. The number of aromatic nitrogens is 1. The molecule has 18 heteroatoms. The van der Waals surface area contributed by atoms with Gasteiger partial charge in [0.2, 0.25) is 23.6 Å². The lowest BCUT2D eigenvalue weighted by Gasteiger charge is -2.42. The summed E-state index contributed by atoms with van der Waals surface area (Å²) in [5, 5.41) is 8.90. The molecule has 434 valence electrons. The van der Waals surface area contributed by atoms with E-state index in [1.54, 1.807) is 37.6 Å². The molecule has 1 saturated carbocycles. The van der Waals surface area contributed by atoms with Crippen LogP contribution in [-0.2, 0) is 35.2 Å². The third-order valence-corrected chi connectivity index (χ3v) is 17.6. The molecular weight excluding hydrogens is 1040 g/mol. The third kappa shape index (κ3) is 13.4. The Balaban J connectivity index is 0.542. The van der Waals surface area contributed by atoms with Crippen LogP contribution in [0.25, 0.3) is 16.6 Å². The number of hydrogen-bond donors (Lipinski definition) is 3. The van der Waals surface area contributed by atoms with Crippen molar-refractivity contribution in [1.29, 1.82) is 0 Å². The number of carbonyl (C=O) groups is 4. The molecule has 82 heavy (non-hydrogen) atoms. The highest BCUT2D eigenvalue weighted by molar-refractivity contribution is 6.17. The van der Waals surface area contributed by atoms with Crippen molar-refractivity contribution >= 4 is 57.3 Å². The highest BCUT2D eigenvalue weighted by atomic mass is 19.1. The summed E-state index contributed by atoms with van der Waals surface area (Å²) >= 11 is 0. The fourth-order valence-electron chi connectivity index (χ4n) is 12.6. The molecule has 5 aromatic rings. The van der Waals surface area contributed by atoms with E-state index in [9.17, 15) is 23.6 Å². The van der Waals surface area contributed by atoms with Crippen LogP contribution in [0, 0.1) is 17.2 Å². The van der Waals surface area contributed by atoms with Gasteiger partial charge in [-0.2, -0.15) is 0 Å². The molecule has 11 rings (SSSR count). The number of anilines is 3. The van der Waals surface area contributed by atoms with Gasteiger partial charge in [-0.05, 0) is 176 Å². The highest BCUT2D eigenvalue weighted by Gasteiger charge is 2.56. The van der Waals surface area contributed by atoms with Crippen molar-refractivity contribution in [2.45, 2.75) is 108 Å². The Morgan fingerprint density at radius 3 is 2.21 bits per heavy atom. The second kappa shape index (κ2) is 26.0. The first-order valence-electron chi connectivity index (χ1n) is 29.6. The number of amides is 4. The maximum Gasteiger partial charge on any atom is 0.249 e. The van der Waals surface area contributed by atoms with E-state index in [1.807, 2.05) is 35.2 Å². The number of methoxy groups -OCH3 is 1. The van der Waals surface area contributed by atoms with E-state index in [4.69, 9.17) is 28.7 Å². The Bertz CT molecular complexity index is 3080. The molecule has 0 bridgehead atoms. The van der Waals surface area contributed by atoms with Crippen LogP contribution in [0.2, 0.25) is 0 Å². The van der Waals surface area contributed by atoms with Gasteiger partial charge in [-0.1, -0.05) is 18.7 Å². The van der Waals surface area contributed by atoms with Crippen LogP contribution in [0.1, 0.15) is 94.6 Å². The minimum absolute atomic E-state index is 0.216. The summed E-state index contributed by atoms with van der Waals surface area (Å²) in [6.07, 6.45) is 13.6. The van der Waals surface area contributed by atoms with Gasteiger partial charge in [0.1, 0.15) is 40.3 Å². The number of likely N-dealkylation sites (tertiary alicyclic amines) is 2. The number of ether oxygens (including phenoxy) is 5. The van der Waals surface area contributed by atoms with Gasteiger partial charge in [0.05, 0.1) is 37.6 Å². The Hall–Kier alpha value is -7.12. The summed E-state index contributed by atoms with van der Waals surface area (Å²) < 4.78 is 44.4. The summed E-state index contributed by atoms with van der Waals surface area (Å²) in [6, 6.07) is 24.6. The van der Waals surface area contributed by atoms with Gasteiger partial charge in [0.15, 0.2) is 0 Å². The van der Waals surface area contributed by atoms with Crippen LogP contribution < -0.4 is 35.1 Å². The van der Waals surface area contributed by atoms with E-state index in [1.165, 1.54) is 69.5 Å². The topological polar surface area (TPSA) is 176 Å². The zero-order valence-corrected chi connectivity index (χ0v) is 47.1. The SMILES string of the molecule is C=C1c2cccc(OCCCOCCCC3CCN(C4CCN(CCOC5CCN(c6cc7nccc(Oc8ccc(NC(=O)C9(C(=O)Nc%10ccc(F)cc%10)CC9)cc8)c7cc6OC)CC5)CC4)CC3)c2CN1[C@H]1CCC(=O)NC1=O. The lowest BCUT2D eigenvalue weighted by atomic mass is 9.90. The standard InChI is InChI=1S/C64H77FN8O9/c1-43-51-7-3-8-57(53(51)42-73(43)55-17-18-60(74)69-61(55)75)81-38-5-37-79-36-4-6-44-20-31-71(32-21-44)48-22-29-70(30-23-48)35-39-80-49-24-33-72(34-25-49)56-41-54-52(40-59(56)78-2)58(19-28-66-54)82-50-15-13-47(14-16-50)68-63(77)64(26-27-64)62(76)67-46-11-9-45(65)10-12-46/h3,7-16,19,28,40-41,44,48-49,55H,1,4-6,17-18,20-27,29-39,42H2,2H3,(H,67,76)(H,68,77)(H,69,74,75)/t55-/m0/s1. The van der Waals surface area contributed by atoms with Crippen LogP contribution in [0.5, 0.6) is 23.0 Å². The second-order valence-electron chi connectivity index (χ2n) is 22.9. The van der Waals surface area contributed by atoms with E-state index in [0.29, 0.717) is 74.4 Å². The van der Waals surface area contributed by atoms with Crippen molar-refractivity contribution < 1.29 is 47.3 Å². The summed E-state index contributed by atoms with van der Waals surface area (Å²) in [7, 11) is 1.69. The van der Waals surface area contributed by atoms with E-state index >= 15 is 0 Å². The predicted octanol–water partition coefficient (Wildman–Crippen LogP) is 9.55. The molecule has 0 spiro atoms. The number of carbonyl (C=O) groups excluding carboxylic acids is 4. The molecule has 5 aliphatic heterocycles. The Morgan fingerprint density at radius 2 is 1.50 bits per heavy atom. The van der Waals surface area contributed by atoms with Crippen LogP contribution in [0.3, 0.4) is 0 Å². The summed E-state index contributed by atoms with van der Waals surface area (Å²) in [5.41, 5.74) is 4.43. The number of nitrogens with one attached hydrogen (secondary N) is 3. The normalized spacial score (nSPS) is 19.9. The van der Waals surface area contributed by atoms with Crippen LogP contribution >= 0.6 is 0 Å². The van der Waals surface area contributed by atoms with Gasteiger partial charge in [0.25, 0.3) is 0 Å². The molecule has 3 N–H and O–H groups in total. The summed E-state index contributed by atoms with van der Waals surface area (Å²) in [6.45, 7) is 14.9. The zero-order chi connectivity index (χ0) is 56.6. The number of piperidine rings is 4. The summed E-state index contributed by atoms with van der Waals surface area (Å²) in [4.78, 5) is 65.0. The van der Waals surface area contributed by atoms with Gasteiger partial charge in [-0.15, -0.1) is 0 Å². The van der Waals surface area contributed by atoms with Gasteiger partial charge < -0.3 is 53.9 Å². The quantitative estimate of drug-likeness (QED) is 0.0320. The smallest absolute Gasteiger partial charge is 0.249 e. The number of pyridine rings is 1. The number of rotatable bonds is 23. The first-order chi connectivity index (χ1) is 40.0. The number of benzene rings is 4. The van der Waals surface area contributed by atoms with Gasteiger partial charge in [-0.25, -0.2) is 4.39 Å².